The van der Waals surface area contributed by atoms with Crippen LogP contribution >= 0.6 is 0 Å². The molecular weight excluding hydrogens is 691 g/mol. The second kappa shape index (κ2) is 14.6. The van der Waals surface area contributed by atoms with Gasteiger partial charge < -0.3 is 14.9 Å². The highest BCUT2D eigenvalue weighted by atomic mass is 16.3. The number of aryl methyl sites for hydroxylation is 1. The van der Waals surface area contributed by atoms with E-state index in [0.717, 1.165) is 82.1 Å². The van der Waals surface area contributed by atoms with Crippen molar-refractivity contribution in [1.82, 2.24) is 15.1 Å². The average molecular weight is 738 g/mol. The molecule has 9 rings (SSSR count). The summed E-state index contributed by atoms with van der Waals surface area (Å²) in [6, 6.07) is 30.5. The number of amides is 4. The molecule has 282 valence electrons. The van der Waals surface area contributed by atoms with Gasteiger partial charge in [-0.25, -0.2) is 0 Å². The fourth-order valence-corrected chi connectivity index (χ4v) is 9.75. The van der Waals surface area contributed by atoms with Gasteiger partial charge in [-0.05, 0) is 109 Å². The van der Waals surface area contributed by atoms with E-state index in [1.165, 1.54) is 27.9 Å². The maximum Gasteiger partial charge on any atom is 0.262 e. The Balaban J connectivity index is 0.788. The zero-order chi connectivity index (χ0) is 37.6. The number of rotatable bonds is 7. The number of nitrogens with one attached hydrogen (secondary N) is 1. The van der Waals surface area contributed by atoms with Crippen molar-refractivity contribution in [3.63, 3.8) is 0 Å². The monoisotopic (exact) mass is 737 g/mol. The number of anilines is 2. The van der Waals surface area contributed by atoms with Gasteiger partial charge in [0.15, 0.2) is 0 Å². The first-order valence-electron chi connectivity index (χ1n) is 19.9. The molecule has 0 aromatic heterocycles. The molecule has 3 saturated heterocycles. The zero-order valence-electron chi connectivity index (χ0n) is 31.0. The topological polar surface area (TPSA) is 114 Å². The predicted octanol–water partition coefficient (Wildman–Crippen LogP) is 5.69. The van der Waals surface area contributed by atoms with E-state index in [4.69, 9.17) is 0 Å². The summed E-state index contributed by atoms with van der Waals surface area (Å²) in [6.45, 7) is 6.70. The van der Waals surface area contributed by atoms with Gasteiger partial charge in [-0.2, -0.15) is 0 Å². The molecular formula is C45H47N5O5. The van der Waals surface area contributed by atoms with Crippen molar-refractivity contribution >= 4 is 35.0 Å². The summed E-state index contributed by atoms with van der Waals surface area (Å²) in [5.74, 6) is -0.290. The molecule has 2 N–H and O–H groups in total. The summed E-state index contributed by atoms with van der Waals surface area (Å²) in [7, 11) is 0. The van der Waals surface area contributed by atoms with Crippen molar-refractivity contribution in [2.45, 2.75) is 56.4 Å². The number of fused-ring (bicyclic) bond motifs is 2. The highest BCUT2D eigenvalue weighted by molar-refractivity contribution is 6.23. The summed E-state index contributed by atoms with van der Waals surface area (Å²) >= 11 is 0. The molecule has 4 aromatic carbocycles. The highest BCUT2D eigenvalue weighted by Gasteiger charge is 2.45. The normalized spacial score (nSPS) is 23.5. The van der Waals surface area contributed by atoms with Crippen LogP contribution in [0.5, 0.6) is 5.75 Å². The van der Waals surface area contributed by atoms with Crippen LogP contribution in [0.3, 0.4) is 0 Å². The summed E-state index contributed by atoms with van der Waals surface area (Å²) < 4.78 is 0. The lowest BCUT2D eigenvalue weighted by atomic mass is 9.69. The number of imide groups is 2. The number of hydrogen-bond acceptors (Lipinski definition) is 8. The molecule has 3 unspecified atom stereocenters. The number of piperidine rings is 2. The maximum absolute atomic E-state index is 13.3. The zero-order valence-corrected chi connectivity index (χ0v) is 31.0. The minimum Gasteiger partial charge on any atom is -0.508 e. The lowest BCUT2D eigenvalue weighted by Gasteiger charge is -2.40. The van der Waals surface area contributed by atoms with Crippen LogP contribution in [0, 0.1) is 5.92 Å². The first-order valence-corrected chi connectivity index (χ1v) is 19.9. The number of benzene rings is 4. The van der Waals surface area contributed by atoms with Crippen molar-refractivity contribution in [3.8, 4) is 5.75 Å². The van der Waals surface area contributed by atoms with Crippen molar-refractivity contribution < 1.29 is 24.3 Å². The molecule has 10 heteroatoms. The molecule has 0 spiro atoms. The van der Waals surface area contributed by atoms with Crippen LogP contribution in [0.15, 0.2) is 91.0 Å². The van der Waals surface area contributed by atoms with Crippen LogP contribution in [0.4, 0.5) is 11.4 Å². The maximum atomic E-state index is 13.3. The molecule has 1 aliphatic carbocycles. The van der Waals surface area contributed by atoms with Crippen molar-refractivity contribution in [2.24, 2.45) is 5.92 Å². The Labute approximate surface area is 321 Å². The van der Waals surface area contributed by atoms with Crippen LogP contribution in [-0.4, -0.2) is 90.4 Å². The largest absolute Gasteiger partial charge is 0.508 e. The van der Waals surface area contributed by atoms with Crippen LogP contribution in [0.1, 0.15) is 86.9 Å². The Morgan fingerprint density at radius 2 is 1.35 bits per heavy atom. The van der Waals surface area contributed by atoms with E-state index in [1.54, 1.807) is 12.1 Å². The Morgan fingerprint density at radius 3 is 2.09 bits per heavy atom. The Bertz CT molecular complexity index is 2120. The third-order valence-electron chi connectivity index (χ3n) is 12.7. The second-order valence-electron chi connectivity index (χ2n) is 15.9. The van der Waals surface area contributed by atoms with E-state index < -0.39 is 23.8 Å². The number of phenolic OH excluding ortho intramolecular Hbond substituents is 1. The van der Waals surface area contributed by atoms with Crippen LogP contribution < -0.4 is 15.1 Å². The number of aromatic hydroxyl groups is 1. The van der Waals surface area contributed by atoms with E-state index in [2.05, 4.69) is 80.7 Å². The number of carbonyl (C=O) groups excluding carboxylic acids is 4. The molecule has 0 saturated carbocycles. The number of carbonyl (C=O) groups is 4. The number of hydrogen-bond donors (Lipinski definition) is 2. The number of piperazine rings is 1. The smallest absolute Gasteiger partial charge is 0.262 e. The molecule has 4 aromatic rings. The van der Waals surface area contributed by atoms with Gasteiger partial charge >= 0.3 is 0 Å². The second-order valence-corrected chi connectivity index (χ2v) is 15.9. The lowest BCUT2D eigenvalue weighted by Crippen LogP contribution is -2.54. The molecule has 10 nitrogen and oxygen atoms in total. The molecule has 5 aliphatic rings. The van der Waals surface area contributed by atoms with Crippen LogP contribution in [-0.2, 0) is 16.0 Å². The summed E-state index contributed by atoms with van der Waals surface area (Å²) in [5, 5.41) is 12.5. The molecule has 55 heavy (non-hydrogen) atoms. The predicted molar refractivity (Wildman–Crippen MR) is 211 cm³/mol. The molecule has 4 heterocycles. The molecule has 4 aliphatic heterocycles. The molecule has 4 amide bonds. The fourth-order valence-electron chi connectivity index (χ4n) is 9.75. The first kappa shape index (κ1) is 35.2. The standard InChI is InChI=1S/C45H47N5O5/c51-35-12-15-37-32(26-35)8-13-36(30-4-2-1-3-5-30)42(37)31-6-9-33(10-7-31)48-20-18-29(19-21-48)28-47-22-24-49(25-23-47)34-11-14-38-39(27-34)45(55)50(44(38)54)40-16-17-41(52)46-43(40)53/h1-7,9-12,14-15,26-27,29,36,40,42,51H,8,13,16-25,28H2,(H,46,52,53). The van der Waals surface area contributed by atoms with Crippen LogP contribution in [0.25, 0.3) is 0 Å². The van der Waals surface area contributed by atoms with Gasteiger partial charge in [0.1, 0.15) is 11.8 Å². The summed E-state index contributed by atoms with van der Waals surface area (Å²) in [4.78, 5) is 59.0. The lowest BCUT2D eigenvalue weighted by molar-refractivity contribution is -0.136. The Hall–Kier alpha value is -5.48. The van der Waals surface area contributed by atoms with E-state index >= 15 is 0 Å². The summed E-state index contributed by atoms with van der Waals surface area (Å²) in [6.07, 6.45) is 4.59. The van der Waals surface area contributed by atoms with Crippen molar-refractivity contribution in [2.75, 3.05) is 55.6 Å². The minimum atomic E-state index is -0.958. The van der Waals surface area contributed by atoms with Gasteiger partial charge in [0.25, 0.3) is 11.8 Å². The van der Waals surface area contributed by atoms with Crippen molar-refractivity contribution in [1.29, 1.82) is 0 Å². The third-order valence-corrected chi connectivity index (χ3v) is 12.7. The van der Waals surface area contributed by atoms with Gasteiger partial charge in [-0.1, -0.05) is 48.5 Å². The Kier molecular flexibility index (Phi) is 9.38. The number of phenols is 1. The molecule has 0 radical (unpaired) electrons. The molecule has 0 bridgehead atoms. The van der Waals surface area contributed by atoms with E-state index in [0.29, 0.717) is 28.7 Å². The average Bonchev–Trinajstić information content (AvgIpc) is 3.46. The first-order chi connectivity index (χ1) is 26.8. The van der Waals surface area contributed by atoms with Crippen LogP contribution in [0.2, 0.25) is 0 Å². The van der Waals surface area contributed by atoms with Gasteiger partial charge in [-0.3, -0.25) is 34.3 Å². The minimum absolute atomic E-state index is 0.104. The van der Waals surface area contributed by atoms with E-state index in [-0.39, 0.29) is 24.7 Å². The SMILES string of the molecule is O=C1CCC(N2C(=O)c3ccc(N4CCN(CC5CCN(c6ccc(C7c8ccc(O)cc8CCC7c7ccccc7)cc6)CC5)CC4)cc3C2=O)C(=O)N1. The van der Waals surface area contributed by atoms with E-state index in [9.17, 15) is 24.3 Å². The van der Waals surface area contributed by atoms with Gasteiger partial charge in [0, 0.05) is 69.5 Å². The van der Waals surface area contributed by atoms with Gasteiger partial charge in [-0.15, -0.1) is 0 Å². The van der Waals surface area contributed by atoms with Gasteiger partial charge in [0.2, 0.25) is 11.8 Å². The number of nitrogens with zero attached hydrogens (tertiary/aromatic N) is 4. The molecule has 3 atom stereocenters. The summed E-state index contributed by atoms with van der Waals surface area (Å²) in [5.41, 5.74) is 8.10. The fraction of sp³-hybridized carbons (Fsp3) is 0.378. The Morgan fingerprint density at radius 1 is 0.636 bits per heavy atom. The highest BCUT2D eigenvalue weighted by Crippen LogP contribution is 2.47. The third kappa shape index (κ3) is 6.77. The van der Waals surface area contributed by atoms with E-state index in [1.807, 2.05) is 18.2 Å². The van der Waals surface area contributed by atoms with Gasteiger partial charge in [0.05, 0.1) is 11.1 Å². The quantitative estimate of drug-likeness (QED) is 0.233. The van der Waals surface area contributed by atoms with Crippen molar-refractivity contribution in [3.05, 3.63) is 124 Å². The molecule has 3 fully saturated rings.